The van der Waals surface area contributed by atoms with E-state index in [1.54, 1.807) is 49.6 Å². The summed E-state index contributed by atoms with van der Waals surface area (Å²) < 4.78 is 14.6. The molecule has 142 valence electrons. The molecule has 0 radical (unpaired) electrons. The van der Waals surface area contributed by atoms with Gasteiger partial charge in [0.05, 0.1) is 26.9 Å². The Morgan fingerprint density at radius 2 is 1.70 bits per heavy atom. The molecule has 0 aromatic heterocycles. The van der Waals surface area contributed by atoms with Crippen LogP contribution in [-0.2, 0) is 25.5 Å². The predicted molar refractivity (Wildman–Crippen MR) is 101 cm³/mol. The van der Waals surface area contributed by atoms with E-state index in [1.165, 1.54) is 20.3 Å². The van der Waals surface area contributed by atoms with E-state index in [0.29, 0.717) is 17.7 Å². The van der Waals surface area contributed by atoms with Gasteiger partial charge in [0.25, 0.3) is 0 Å². The maximum atomic E-state index is 12.3. The average molecular weight is 370 g/mol. The summed E-state index contributed by atoms with van der Waals surface area (Å²) in [4.78, 5) is 23.7. The van der Waals surface area contributed by atoms with Crippen LogP contribution < -0.4 is 4.74 Å². The molecule has 0 aliphatic heterocycles. The topological polar surface area (TPSA) is 82.1 Å². The number of carbonyl (C=O) groups is 2. The molecule has 0 heterocycles. The second-order valence-corrected chi connectivity index (χ2v) is 5.75. The number of hydrogen-bond acceptors (Lipinski definition) is 6. The lowest BCUT2D eigenvalue weighted by Crippen LogP contribution is -2.06. The van der Waals surface area contributed by atoms with Crippen LogP contribution in [0.3, 0.4) is 0 Å². The molecule has 0 aliphatic carbocycles. The molecule has 0 bridgehead atoms. The minimum absolute atomic E-state index is 0.0537. The van der Waals surface area contributed by atoms with Crippen molar-refractivity contribution in [2.24, 2.45) is 0 Å². The number of benzene rings is 2. The Labute approximate surface area is 158 Å². The molecule has 0 unspecified atom stereocenters. The van der Waals surface area contributed by atoms with Crippen LogP contribution >= 0.6 is 0 Å². The SMILES string of the molecule is COC(=O)CCc1ccc(O)c(/C(=C/c2ccc(OC)cc2)C(=O)OC)c1. The van der Waals surface area contributed by atoms with Crippen LogP contribution in [0.1, 0.15) is 23.1 Å². The Morgan fingerprint density at radius 3 is 2.30 bits per heavy atom. The molecule has 0 spiro atoms. The van der Waals surface area contributed by atoms with Crippen molar-refractivity contribution in [2.45, 2.75) is 12.8 Å². The van der Waals surface area contributed by atoms with Gasteiger partial charge in [-0.2, -0.15) is 0 Å². The van der Waals surface area contributed by atoms with E-state index in [9.17, 15) is 14.7 Å². The van der Waals surface area contributed by atoms with Gasteiger partial charge in [-0.1, -0.05) is 18.2 Å². The summed E-state index contributed by atoms with van der Waals surface area (Å²) in [7, 11) is 4.18. The molecule has 2 rings (SSSR count). The van der Waals surface area contributed by atoms with E-state index in [2.05, 4.69) is 4.74 Å². The Morgan fingerprint density at radius 1 is 1.00 bits per heavy atom. The zero-order chi connectivity index (χ0) is 19.8. The van der Waals surface area contributed by atoms with E-state index in [0.717, 1.165) is 11.1 Å². The normalized spacial score (nSPS) is 11.0. The van der Waals surface area contributed by atoms with Crippen LogP contribution in [0.5, 0.6) is 11.5 Å². The Hall–Kier alpha value is -3.28. The predicted octanol–water partition coefficient (Wildman–Crippen LogP) is 3.22. The van der Waals surface area contributed by atoms with Gasteiger partial charge in [0.1, 0.15) is 11.5 Å². The summed E-state index contributed by atoms with van der Waals surface area (Å²) in [6.07, 6.45) is 2.26. The summed E-state index contributed by atoms with van der Waals surface area (Å²) in [6.45, 7) is 0. The Bertz CT molecular complexity index is 836. The summed E-state index contributed by atoms with van der Waals surface area (Å²) in [6, 6.07) is 12.0. The van der Waals surface area contributed by atoms with Crippen molar-refractivity contribution in [3.63, 3.8) is 0 Å². The van der Waals surface area contributed by atoms with Gasteiger partial charge >= 0.3 is 11.9 Å². The molecule has 0 saturated heterocycles. The number of aromatic hydroxyl groups is 1. The van der Waals surface area contributed by atoms with E-state index in [-0.39, 0.29) is 23.7 Å². The summed E-state index contributed by atoms with van der Waals surface area (Å²) in [5.74, 6) is -0.265. The fraction of sp³-hybridized carbons (Fsp3) is 0.238. The van der Waals surface area contributed by atoms with Crippen LogP contribution in [0.15, 0.2) is 42.5 Å². The standard InChI is InChI=1S/C21H22O6/c1-25-16-8-4-14(5-9-16)13-18(21(24)27-3)17-12-15(6-10-19(17)22)7-11-20(23)26-2/h4-6,8-10,12-13,22H,7,11H2,1-3H3/b18-13-. The number of phenols is 1. The maximum Gasteiger partial charge on any atom is 0.338 e. The zero-order valence-electron chi connectivity index (χ0n) is 15.5. The van der Waals surface area contributed by atoms with Crippen molar-refractivity contribution in [2.75, 3.05) is 21.3 Å². The number of rotatable bonds is 7. The highest BCUT2D eigenvalue weighted by molar-refractivity contribution is 6.22. The first kappa shape index (κ1) is 20.0. The molecule has 6 heteroatoms. The van der Waals surface area contributed by atoms with E-state index >= 15 is 0 Å². The van der Waals surface area contributed by atoms with Crippen molar-refractivity contribution in [1.29, 1.82) is 0 Å². The molecule has 0 saturated carbocycles. The fourth-order valence-electron chi connectivity index (χ4n) is 2.53. The molecular weight excluding hydrogens is 348 g/mol. The first-order valence-electron chi connectivity index (χ1n) is 8.31. The number of esters is 2. The summed E-state index contributed by atoms with van der Waals surface area (Å²) in [5.41, 5.74) is 2.08. The van der Waals surface area contributed by atoms with Crippen molar-refractivity contribution in [3.8, 4) is 11.5 Å². The van der Waals surface area contributed by atoms with Gasteiger partial charge < -0.3 is 19.3 Å². The lowest BCUT2D eigenvalue weighted by molar-refractivity contribution is -0.140. The van der Waals surface area contributed by atoms with Crippen LogP contribution in [0.2, 0.25) is 0 Å². The quantitative estimate of drug-likeness (QED) is 0.458. The van der Waals surface area contributed by atoms with E-state index in [4.69, 9.17) is 9.47 Å². The number of hydrogen-bond donors (Lipinski definition) is 1. The molecule has 27 heavy (non-hydrogen) atoms. The van der Waals surface area contributed by atoms with Gasteiger partial charge in [-0.25, -0.2) is 4.79 Å². The smallest absolute Gasteiger partial charge is 0.338 e. The summed E-state index contributed by atoms with van der Waals surface area (Å²) >= 11 is 0. The monoisotopic (exact) mass is 370 g/mol. The van der Waals surface area contributed by atoms with Crippen LogP contribution in [-0.4, -0.2) is 38.4 Å². The molecule has 2 aromatic carbocycles. The fourth-order valence-corrected chi connectivity index (χ4v) is 2.53. The molecule has 0 amide bonds. The molecule has 0 atom stereocenters. The number of methoxy groups -OCH3 is 3. The first-order chi connectivity index (χ1) is 13.0. The number of aryl methyl sites for hydroxylation is 1. The zero-order valence-corrected chi connectivity index (χ0v) is 15.5. The third-order valence-electron chi connectivity index (χ3n) is 4.03. The highest BCUT2D eigenvalue weighted by Gasteiger charge is 2.17. The molecule has 0 aliphatic rings. The molecule has 1 N–H and O–H groups in total. The van der Waals surface area contributed by atoms with Crippen LogP contribution in [0, 0.1) is 0 Å². The van der Waals surface area contributed by atoms with Gasteiger partial charge in [0.15, 0.2) is 0 Å². The highest BCUT2D eigenvalue weighted by Crippen LogP contribution is 2.30. The maximum absolute atomic E-state index is 12.3. The van der Waals surface area contributed by atoms with Gasteiger partial charge in [-0.3, -0.25) is 4.79 Å². The third kappa shape index (κ3) is 5.34. The lowest BCUT2D eigenvalue weighted by atomic mass is 9.98. The average Bonchev–Trinajstić information content (AvgIpc) is 2.71. The number of ether oxygens (including phenoxy) is 3. The van der Waals surface area contributed by atoms with Gasteiger partial charge in [0, 0.05) is 12.0 Å². The minimum Gasteiger partial charge on any atom is -0.507 e. The van der Waals surface area contributed by atoms with Crippen molar-refractivity contribution in [1.82, 2.24) is 0 Å². The Kier molecular flexibility index (Phi) is 7.00. The number of carbonyl (C=O) groups excluding carboxylic acids is 2. The van der Waals surface area contributed by atoms with Crippen molar-refractivity contribution < 1.29 is 28.9 Å². The summed E-state index contributed by atoms with van der Waals surface area (Å²) in [5, 5.41) is 10.3. The molecule has 0 fully saturated rings. The minimum atomic E-state index is -0.578. The molecular formula is C21H22O6. The second-order valence-electron chi connectivity index (χ2n) is 5.75. The van der Waals surface area contributed by atoms with Crippen LogP contribution in [0.25, 0.3) is 11.6 Å². The molecule has 2 aromatic rings. The van der Waals surface area contributed by atoms with Gasteiger partial charge in [-0.05, 0) is 47.9 Å². The van der Waals surface area contributed by atoms with Crippen LogP contribution in [0.4, 0.5) is 0 Å². The van der Waals surface area contributed by atoms with E-state index in [1.807, 2.05) is 0 Å². The first-order valence-corrected chi connectivity index (χ1v) is 8.31. The second kappa shape index (κ2) is 9.43. The highest BCUT2D eigenvalue weighted by atomic mass is 16.5. The Balaban J connectivity index is 2.41. The van der Waals surface area contributed by atoms with E-state index < -0.39 is 5.97 Å². The largest absolute Gasteiger partial charge is 0.507 e. The third-order valence-corrected chi connectivity index (χ3v) is 4.03. The van der Waals surface area contributed by atoms with Gasteiger partial charge in [-0.15, -0.1) is 0 Å². The van der Waals surface area contributed by atoms with Crippen molar-refractivity contribution >= 4 is 23.6 Å². The van der Waals surface area contributed by atoms with Gasteiger partial charge in [0.2, 0.25) is 0 Å². The molecule has 6 nitrogen and oxygen atoms in total. The lowest BCUT2D eigenvalue weighted by Gasteiger charge is -2.11. The van der Waals surface area contributed by atoms with Crippen molar-refractivity contribution in [3.05, 3.63) is 59.2 Å². The number of phenolic OH excluding ortho intramolecular Hbond substituents is 1.